The summed E-state index contributed by atoms with van der Waals surface area (Å²) in [6.45, 7) is 0. The van der Waals surface area contributed by atoms with Gasteiger partial charge in [0.15, 0.2) is 0 Å². The SMILES string of the molecule is Cl.Cl.I.[H-].[Na+]. The van der Waals surface area contributed by atoms with Crippen molar-refractivity contribution in [3.63, 3.8) is 0 Å². The van der Waals surface area contributed by atoms with Crippen LogP contribution in [-0.4, -0.2) is 0 Å². The van der Waals surface area contributed by atoms with Gasteiger partial charge in [0.1, 0.15) is 0 Å². The molecule has 0 aromatic rings. The van der Waals surface area contributed by atoms with Crippen molar-refractivity contribution in [3.05, 3.63) is 0 Å². The molecule has 0 bridgehead atoms. The summed E-state index contributed by atoms with van der Waals surface area (Å²) < 4.78 is 0. The third-order valence-electron chi connectivity index (χ3n) is 0. The van der Waals surface area contributed by atoms with Crippen LogP contribution in [0, 0.1) is 0 Å². The van der Waals surface area contributed by atoms with Gasteiger partial charge in [0.05, 0.1) is 0 Å². The van der Waals surface area contributed by atoms with Crippen molar-refractivity contribution in [2.45, 2.75) is 0 Å². The van der Waals surface area contributed by atoms with E-state index in [1.165, 1.54) is 0 Å². The van der Waals surface area contributed by atoms with Gasteiger partial charge in [-0.1, -0.05) is 0 Å². The van der Waals surface area contributed by atoms with Gasteiger partial charge >= 0.3 is 29.6 Å². The molecule has 0 N–H and O–H groups in total. The van der Waals surface area contributed by atoms with E-state index in [-0.39, 0.29) is 79.8 Å². The Hall–Kier alpha value is 2.31. The zero-order valence-corrected chi connectivity index (χ0v) is 8.19. The first kappa shape index (κ1) is 33.3. The fourth-order valence-electron chi connectivity index (χ4n) is 0. The summed E-state index contributed by atoms with van der Waals surface area (Å²) in [7, 11) is 0. The Morgan fingerprint density at radius 3 is 1.00 bits per heavy atom. The Kier molecular flexibility index (Phi) is 154. The first-order chi connectivity index (χ1) is 0. The third kappa shape index (κ3) is 8.85. The zero-order valence-electron chi connectivity index (χ0n) is 3.22. The summed E-state index contributed by atoms with van der Waals surface area (Å²) in [5, 5.41) is 0. The molecular formula is H4Cl2INa. The molecular weight excluding hydrogens is 221 g/mol. The van der Waals surface area contributed by atoms with Gasteiger partial charge in [0.25, 0.3) is 0 Å². The molecule has 0 saturated heterocycles. The van der Waals surface area contributed by atoms with Crippen LogP contribution in [0.3, 0.4) is 0 Å². The van der Waals surface area contributed by atoms with Gasteiger partial charge in [0, 0.05) is 0 Å². The molecule has 0 unspecified atom stereocenters. The largest absolute Gasteiger partial charge is 1.00 e. The van der Waals surface area contributed by atoms with Gasteiger partial charge in [0.2, 0.25) is 0 Å². The van der Waals surface area contributed by atoms with E-state index < -0.39 is 0 Å². The number of halogens is 3. The Morgan fingerprint density at radius 1 is 1.00 bits per heavy atom. The topological polar surface area (TPSA) is 0 Å². The average Bonchev–Trinajstić information content (AvgIpc) is 0. The summed E-state index contributed by atoms with van der Waals surface area (Å²) in [4.78, 5) is 0. The van der Waals surface area contributed by atoms with Crippen LogP contribution in [0.1, 0.15) is 1.43 Å². The molecule has 0 radical (unpaired) electrons. The van der Waals surface area contributed by atoms with Crippen LogP contribution >= 0.6 is 48.8 Å². The Morgan fingerprint density at radius 2 is 1.00 bits per heavy atom. The Bertz CT molecular complexity index is 9.61. The third-order valence-corrected chi connectivity index (χ3v) is 0. The molecule has 0 aliphatic heterocycles. The van der Waals surface area contributed by atoms with Crippen LogP contribution in [0.4, 0.5) is 0 Å². The second kappa shape index (κ2) is 18.5. The summed E-state index contributed by atoms with van der Waals surface area (Å²) in [6.07, 6.45) is 0. The van der Waals surface area contributed by atoms with Gasteiger partial charge in [-0.25, -0.2) is 0 Å². The number of hydrogen-bond acceptors (Lipinski definition) is 0. The predicted molar refractivity (Wildman–Crippen MR) is 31.0 cm³/mol. The minimum Gasteiger partial charge on any atom is -1.00 e. The molecule has 0 saturated carbocycles. The Labute approximate surface area is 78.7 Å². The van der Waals surface area contributed by atoms with Crippen LogP contribution in [-0.2, 0) is 0 Å². The van der Waals surface area contributed by atoms with Crippen LogP contribution in [0.15, 0.2) is 0 Å². The fourth-order valence-corrected chi connectivity index (χ4v) is 0. The fraction of sp³-hybridized carbons (Fsp3) is 0. The van der Waals surface area contributed by atoms with E-state index in [9.17, 15) is 0 Å². The van der Waals surface area contributed by atoms with Gasteiger partial charge in [-0.2, -0.15) is 0 Å². The second-order valence-electron chi connectivity index (χ2n) is 0. The zero-order chi connectivity index (χ0) is 0. The van der Waals surface area contributed by atoms with Crippen molar-refractivity contribution in [2.75, 3.05) is 0 Å². The van der Waals surface area contributed by atoms with E-state index in [1.807, 2.05) is 0 Å². The number of rotatable bonds is 0. The monoisotopic (exact) mass is 224 g/mol. The molecule has 0 aliphatic rings. The van der Waals surface area contributed by atoms with Gasteiger partial charge < -0.3 is 1.43 Å². The normalized spacial score (nSPS) is 0. The molecule has 4 heavy (non-hydrogen) atoms. The molecule has 0 amide bonds. The van der Waals surface area contributed by atoms with E-state index in [0.29, 0.717) is 0 Å². The predicted octanol–water partition coefficient (Wildman–Crippen LogP) is -1.42. The van der Waals surface area contributed by atoms with Crippen molar-refractivity contribution in [1.29, 1.82) is 0 Å². The molecule has 0 spiro atoms. The van der Waals surface area contributed by atoms with Crippen molar-refractivity contribution < 1.29 is 31.0 Å². The van der Waals surface area contributed by atoms with Crippen LogP contribution in [0.25, 0.3) is 0 Å². The van der Waals surface area contributed by atoms with E-state index in [1.54, 1.807) is 0 Å². The van der Waals surface area contributed by atoms with Crippen LogP contribution < -0.4 is 29.6 Å². The van der Waals surface area contributed by atoms with Crippen LogP contribution in [0.5, 0.6) is 0 Å². The first-order valence-corrected chi connectivity index (χ1v) is 0. The summed E-state index contributed by atoms with van der Waals surface area (Å²) in [6, 6.07) is 0. The summed E-state index contributed by atoms with van der Waals surface area (Å²) in [5.74, 6) is 0. The quantitative estimate of drug-likeness (QED) is 0.350. The molecule has 4 heteroatoms. The molecule has 0 nitrogen and oxygen atoms in total. The smallest absolute Gasteiger partial charge is 1.00 e. The average molecular weight is 225 g/mol. The van der Waals surface area contributed by atoms with Gasteiger partial charge in [-0.15, -0.1) is 48.8 Å². The molecule has 0 heterocycles. The second-order valence-corrected chi connectivity index (χ2v) is 0. The maximum absolute atomic E-state index is 0. The molecule has 0 rings (SSSR count). The first-order valence-electron chi connectivity index (χ1n) is 0. The molecule has 0 aliphatic carbocycles. The summed E-state index contributed by atoms with van der Waals surface area (Å²) >= 11 is 0. The van der Waals surface area contributed by atoms with E-state index in [0.717, 1.165) is 0 Å². The maximum Gasteiger partial charge on any atom is 1.00 e. The minimum absolute atomic E-state index is 0. The molecule has 0 aromatic heterocycles. The standard InChI is InChI=1S/2ClH.HI.Na.H/h3*1H;;/q;;;+1;-1. The van der Waals surface area contributed by atoms with E-state index in [2.05, 4.69) is 0 Å². The van der Waals surface area contributed by atoms with E-state index in [4.69, 9.17) is 0 Å². The number of hydrogen-bond donors (Lipinski definition) is 0. The van der Waals surface area contributed by atoms with Crippen molar-refractivity contribution in [1.82, 2.24) is 0 Å². The molecule has 26 valence electrons. The molecule has 0 atom stereocenters. The molecule has 0 aromatic carbocycles. The van der Waals surface area contributed by atoms with Gasteiger partial charge in [-0.3, -0.25) is 0 Å². The Balaban J connectivity index is 0. The minimum atomic E-state index is 0. The van der Waals surface area contributed by atoms with Crippen molar-refractivity contribution >= 4 is 48.8 Å². The van der Waals surface area contributed by atoms with Gasteiger partial charge in [-0.05, 0) is 0 Å². The van der Waals surface area contributed by atoms with Crippen molar-refractivity contribution in [3.8, 4) is 0 Å². The summed E-state index contributed by atoms with van der Waals surface area (Å²) in [5.41, 5.74) is 0. The van der Waals surface area contributed by atoms with Crippen molar-refractivity contribution in [2.24, 2.45) is 0 Å². The van der Waals surface area contributed by atoms with Crippen LogP contribution in [0.2, 0.25) is 0 Å². The maximum atomic E-state index is 0. The molecule has 0 fully saturated rings. The van der Waals surface area contributed by atoms with E-state index >= 15 is 0 Å².